The largest absolute Gasteiger partial charge is 0.476 e. The van der Waals surface area contributed by atoms with Crippen LogP contribution in [0.2, 0.25) is 0 Å². The Hall–Kier alpha value is -1.48. The Bertz CT molecular complexity index is 537. The number of carboxylic acids is 1. The van der Waals surface area contributed by atoms with Gasteiger partial charge in [-0.3, -0.25) is 0 Å². The topological polar surface area (TPSA) is 111 Å². The van der Waals surface area contributed by atoms with E-state index in [4.69, 9.17) is 9.84 Å². The molecule has 0 aromatic carbocycles. The van der Waals surface area contributed by atoms with Crippen molar-refractivity contribution in [1.82, 2.24) is 15.0 Å². The lowest BCUT2D eigenvalue weighted by Gasteiger charge is -2.06. The number of hydrogen-bond donors (Lipinski definition) is 1. The van der Waals surface area contributed by atoms with Crippen molar-refractivity contribution in [2.24, 2.45) is 0 Å². The van der Waals surface area contributed by atoms with Crippen molar-refractivity contribution in [3.8, 4) is 0 Å². The third-order valence-electron chi connectivity index (χ3n) is 2.45. The number of aryl methyl sites for hydroxylation is 1. The highest BCUT2D eigenvalue weighted by Crippen LogP contribution is 2.08. The van der Waals surface area contributed by atoms with E-state index in [1.807, 2.05) is 0 Å². The second kappa shape index (κ2) is 6.62. The van der Waals surface area contributed by atoms with Gasteiger partial charge in [0.2, 0.25) is 0 Å². The van der Waals surface area contributed by atoms with Gasteiger partial charge in [0.1, 0.15) is 0 Å². The van der Waals surface area contributed by atoms with Crippen molar-refractivity contribution in [1.29, 1.82) is 0 Å². The molecule has 9 heteroatoms. The third kappa shape index (κ3) is 4.28. The van der Waals surface area contributed by atoms with E-state index in [1.165, 1.54) is 11.8 Å². The molecule has 0 bridgehead atoms. The Morgan fingerprint density at radius 1 is 1.42 bits per heavy atom. The van der Waals surface area contributed by atoms with Gasteiger partial charge < -0.3 is 9.84 Å². The van der Waals surface area contributed by atoms with Crippen molar-refractivity contribution >= 4 is 15.8 Å². The van der Waals surface area contributed by atoms with Crippen LogP contribution in [-0.4, -0.2) is 53.1 Å². The summed E-state index contributed by atoms with van der Waals surface area (Å²) in [6.45, 7) is 1.87. The van der Waals surface area contributed by atoms with Crippen molar-refractivity contribution < 1.29 is 23.1 Å². The van der Waals surface area contributed by atoms with Gasteiger partial charge in [0, 0.05) is 12.9 Å². The molecule has 1 rings (SSSR count). The van der Waals surface area contributed by atoms with E-state index in [0.29, 0.717) is 6.42 Å². The number of aromatic nitrogens is 3. The van der Waals surface area contributed by atoms with E-state index >= 15 is 0 Å². The predicted molar refractivity (Wildman–Crippen MR) is 66.6 cm³/mol. The highest BCUT2D eigenvalue weighted by Gasteiger charge is 2.20. The van der Waals surface area contributed by atoms with Gasteiger partial charge in [-0.05, 0) is 6.42 Å². The molecule has 1 N–H and O–H groups in total. The van der Waals surface area contributed by atoms with Crippen LogP contribution in [0.1, 0.15) is 29.5 Å². The molecular formula is C10H17N3O5S. The van der Waals surface area contributed by atoms with Crippen LogP contribution in [0.3, 0.4) is 0 Å². The summed E-state index contributed by atoms with van der Waals surface area (Å²) in [5.41, 5.74) is 0.0523. The van der Waals surface area contributed by atoms with Crippen molar-refractivity contribution in [2.45, 2.75) is 26.5 Å². The summed E-state index contributed by atoms with van der Waals surface area (Å²) in [5.74, 6) is -1.21. The average molecular weight is 291 g/mol. The maximum atomic E-state index is 11.6. The summed E-state index contributed by atoms with van der Waals surface area (Å²) in [7, 11) is -1.74. The van der Waals surface area contributed by atoms with Gasteiger partial charge in [-0.2, -0.15) is 0 Å². The molecule has 0 amide bonds. The molecule has 1 aromatic heterocycles. The number of rotatable bonds is 8. The number of ether oxygens (including phenoxy) is 1. The SMILES string of the molecule is CCCS(=O)(=O)CCn1nnc(C(=O)O)c1COC. The number of aromatic carboxylic acids is 1. The number of nitrogens with zero attached hydrogens (tertiary/aromatic N) is 3. The lowest BCUT2D eigenvalue weighted by Crippen LogP contribution is -2.18. The normalized spacial score (nSPS) is 11.7. The standard InChI is InChI=1S/C10H17N3O5S/c1-3-5-19(16,17)6-4-13-8(7-18-2)9(10(14)15)11-12-13/h3-7H2,1-2H3,(H,14,15). The van der Waals surface area contributed by atoms with Crippen LogP contribution < -0.4 is 0 Å². The van der Waals surface area contributed by atoms with Gasteiger partial charge in [-0.1, -0.05) is 12.1 Å². The van der Waals surface area contributed by atoms with Crippen LogP contribution in [0.5, 0.6) is 0 Å². The number of methoxy groups -OCH3 is 1. The van der Waals surface area contributed by atoms with Crippen LogP contribution >= 0.6 is 0 Å². The molecule has 0 aliphatic rings. The van der Waals surface area contributed by atoms with Gasteiger partial charge >= 0.3 is 5.97 Å². The number of carbonyl (C=O) groups is 1. The fourth-order valence-electron chi connectivity index (χ4n) is 1.60. The molecule has 0 atom stereocenters. The molecule has 1 aromatic rings. The van der Waals surface area contributed by atoms with Crippen molar-refractivity contribution in [2.75, 3.05) is 18.6 Å². The maximum absolute atomic E-state index is 11.6. The molecular weight excluding hydrogens is 274 g/mol. The van der Waals surface area contributed by atoms with E-state index < -0.39 is 15.8 Å². The van der Waals surface area contributed by atoms with Gasteiger partial charge in [-0.15, -0.1) is 5.10 Å². The molecule has 1 heterocycles. The molecule has 0 aliphatic carbocycles. The first kappa shape index (κ1) is 15.6. The second-order valence-corrected chi connectivity index (χ2v) is 6.30. The summed E-state index contributed by atoms with van der Waals surface area (Å²) >= 11 is 0. The molecule has 108 valence electrons. The first-order valence-electron chi connectivity index (χ1n) is 5.76. The van der Waals surface area contributed by atoms with E-state index in [1.54, 1.807) is 6.92 Å². The molecule has 0 unspecified atom stereocenters. The molecule has 8 nitrogen and oxygen atoms in total. The average Bonchev–Trinajstić information content (AvgIpc) is 2.70. The van der Waals surface area contributed by atoms with Crippen LogP contribution in [0.4, 0.5) is 0 Å². The van der Waals surface area contributed by atoms with Crippen LogP contribution in [-0.2, 0) is 27.7 Å². The van der Waals surface area contributed by atoms with E-state index in [0.717, 1.165) is 0 Å². The predicted octanol–water partition coefficient (Wildman–Crippen LogP) is -0.0525. The lowest BCUT2D eigenvalue weighted by atomic mass is 10.3. The quantitative estimate of drug-likeness (QED) is 0.714. The molecule has 0 radical (unpaired) electrons. The number of hydrogen-bond acceptors (Lipinski definition) is 6. The summed E-state index contributed by atoms with van der Waals surface area (Å²) < 4.78 is 29.4. The molecule has 0 aliphatic heterocycles. The van der Waals surface area contributed by atoms with Crippen molar-refractivity contribution in [3.05, 3.63) is 11.4 Å². The van der Waals surface area contributed by atoms with Gasteiger partial charge in [0.15, 0.2) is 15.5 Å². The minimum atomic E-state index is -3.15. The molecule has 0 saturated carbocycles. The van der Waals surface area contributed by atoms with E-state index in [9.17, 15) is 13.2 Å². The Labute approximate surface area is 111 Å². The van der Waals surface area contributed by atoms with E-state index in [2.05, 4.69) is 10.3 Å². The third-order valence-corrected chi connectivity index (χ3v) is 4.29. The smallest absolute Gasteiger partial charge is 0.358 e. The highest BCUT2D eigenvalue weighted by molar-refractivity contribution is 7.91. The first-order chi connectivity index (χ1) is 8.91. The van der Waals surface area contributed by atoms with Crippen LogP contribution in [0.15, 0.2) is 0 Å². The van der Waals surface area contributed by atoms with E-state index in [-0.39, 0.29) is 36.0 Å². The minimum Gasteiger partial charge on any atom is -0.476 e. The fraction of sp³-hybridized carbons (Fsp3) is 0.700. The lowest BCUT2D eigenvalue weighted by molar-refractivity contribution is 0.0684. The minimum absolute atomic E-state index is 0.0163. The molecule has 0 saturated heterocycles. The Kier molecular flexibility index (Phi) is 5.43. The first-order valence-corrected chi connectivity index (χ1v) is 7.58. The van der Waals surface area contributed by atoms with Gasteiger partial charge in [-0.25, -0.2) is 17.9 Å². The summed E-state index contributed by atoms with van der Waals surface area (Å²) in [5, 5.41) is 16.1. The molecule has 0 fully saturated rings. The zero-order valence-electron chi connectivity index (χ0n) is 10.9. The number of sulfone groups is 1. The van der Waals surface area contributed by atoms with Gasteiger partial charge in [0.05, 0.1) is 24.6 Å². The monoisotopic (exact) mass is 291 g/mol. The van der Waals surface area contributed by atoms with Crippen LogP contribution in [0.25, 0.3) is 0 Å². The maximum Gasteiger partial charge on any atom is 0.358 e. The van der Waals surface area contributed by atoms with Crippen molar-refractivity contribution in [3.63, 3.8) is 0 Å². The zero-order chi connectivity index (χ0) is 14.5. The highest BCUT2D eigenvalue weighted by atomic mass is 32.2. The second-order valence-electron chi connectivity index (χ2n) is 4.00. The summed E-state index contributed by atoms with van der Waals surface area (Å²) in [6.07, 6.45) is 0.547. The Morgan fingerprint density at radius 3 is 2.63 bits per heavy atom. The zero-order valence-corrected chi connectivity index (χ0v) is 11.7. The van der Waals surface area contributed by atoms with Crippen LogP contribution in [0, 0.1) is 0 Å². The van der Waals surface area contributed by atoms with Gasteiger partial charge in [0.25, 0.3) is 0 Å². The Balaban J connectivity index is 2.87. The summed E-state index contributed by atoms with van der Waals surface area (Å²) in [6, 6.07) is 0. The number of carboxylic acid groups (broad SMARTS) is 1. The molecule has 0 spiro atoms. The fourth-order valence-corrected chi connectivity index (χ4v) is 2.87. The Morgan fingerprint density at radius 2 is 2.11 bits per heavy atom. The summed E-state index contributed by atoms with van der Waals surface area (Å²) in [4.78, 5) is 10.9. The molecule has 19 heavy (non-hydrogen) atoms.